The van der Waals surface area contributed by atoms with E-state index in [1.165, 1.54) is 11.1 Å². The molecule has 1 amide bonds. The lowest BCUT2D eigenvalue weighted by Gasteiger charge is -2.39. The molecule has 2 aliphatic heterocycles. The Kier molecular flexibility index (Phi) is 7.09. The van der Waals surface area contributed by atoms with Crippen molar-refractivity contribution in [2.75, 3.05) is 32.8 Å². The largest absolute Gasteiger partial charge is 0.493 e. The molecular formula is C29H35N3O2S. The minimum absolute atomic E-state index is 0.0824. The van der Waals surface area contributed by atoms with Gasteiger partial charge in [-0.2, -0.15) is 0 Å². The highest BCUT2D eigenvalue weighted by atomic mass is 32.1. The average Bonchev–Trinajstić information content (AvgIpc) is 3.48. The van der Waals surface area contributed by atoms with Crippen molar-refractivity contribution in [1.82, 2.24) is 15.1 Å². The second-order valence-electron chi connectivity index (χ2n) is 10.1. The highest BCUT2D eigenvalue weighted by Gasteiger charge is 2.42. The third-order valence-electron chi connectivity index (χ3n) is 7.86. The fraction of sp³-hybridized carbons (Fsp3) is 0.448. The van der Waals surface area contributed by atoms with Crippen LogP contribution in [-0.2, 0) is 17.6 Å². The minimum atomic E-state index is 0.0824. The van der Waals surface area contributed by atoms with Crippen LogP contribution in [0.25, 0.3) is 6.08 Å². The second kappa shape index (κ2) is 10.4. The van der Waals surface area contributed by atoms with Crippen LogP contribution in [0.2, 0.25) is 0 Å². The van der Waals surface area contributed by atoms with Crippen LogP contribution in [0.15, 0.2) is 54.6 Å². The summed E-state index contributed by atoms with van der Waals surface area (Å²) in [6, 6.07) is 16.9. The number of para-hydroxylation sites is 1. The number of fused-ring (bicyclic) bond motifs is 1. The quantitative estimate of drug-likeness (QED) is 0.497. The maximum absolute atomic E-state index is 12.9. The molecule has 35 heavy (non-hydrogen) atoms. The Morgan fingerprint density at radius 1 is 1.03 bits per heavy atom. The minimum Gasteiger partial charge on any atom is -0.493 e. The van der Waals surface area contributed by atoms with Crippen molar-refractivity contribution < 1.29 is 9.53 Å². The van der Waals surface area contributed by atoms with E-state index < -0.39 is 0 Å². The van der Waals surface area contributed by atoms with Crippen molar-refractivity contribution in [1.29, 1.82) is 0 Å². The van der Waals surface area contributed by atoms with Gasteiger partial charge in [0.25, 0.3) is 0 Å². The number of thiocarbonyl (C=S) groups is 1. The molecule has 184 valence electrons. The van der Waals surface area contributed by atoms with Crippen molar-refractivity contribution in [3.8, 4) is 5.75 Å². The summed E-state index contributed by atoms with van der Waals surface area (Å²) in [4.78, 5) is 17.2. The van der Waals surface area contributed by atoms with E-state index in [2.05, 4.69) is 34.5 Å². The number of hydrogen-bond acceptors (Lipinski definition) is 3. The molecule has 5 rings (SSSR count). The maximum Gasteiger partial charge on any atom is 0.246 e. The van der Waals surface area contributed by atoms with E-state index in [0.29, 0.717) is 12.6 Å². The van der Waals surface area contributed by atoms with Gasteiger partial charge in [0.05, 0.1) is 6.61 Å². The van der Waals surface area contributed by atoms with E-state index in [-0.39, 0.29) is 11.3 Å². The first-order chi connectivity index (χ1) is 17.0. The van der Waals surface area contributed by atoms with Crippen LogP contribution < -0.4 is 10.1 Å². The number of carbonyl (C=O) groups is 1. The zero-order valence-corrected chi connectivity index (χ0v) is 21.4. The maximum atomic E-state index is 12.9. The Balaban J connectivity index is 1.11. The van der Waals surface area contributed by atoms with Gasteiger partial charge in [-0.05, 0) is 79.9 Å². The fourth-order valence-electron chi connectivity index (χ4n) is 5.82. The summed E-state index contributed by atoms with van der Waals surface area (Å²) in [5, 5.41) is 4.53. The number of piperidine rings is 1. The molecule has 2 aromatic carbocycles. The van der Waals surface area contributed by atoms with Gasteiger partial charge in [-0.1, -0.05) is 42.5 Å². The van der Waals surface area contributed by atoms with Gasteiger partial charge in [0.15, 0.2) is 5.11 Å². The number of hydrogen-bond donors (Lipinski definition) is 1. The van der Waals surface area contributed by atoms with Gasteiger partial charge in [-0.3, -0.25) is 4.79 Å². The van der Waals surface area contributed by atoms with Gasteiger partial charge in [0, 0.05) is 43.9 Å². The normalized spacial score (nSPS) is 19.3. The lowest BCUT2D eigenvalue weighted by molar-refractivity contribution is -0.128. The van der Waals surface area contributed by atoms with E-state index in [1.807, 2.05) is 42.2 Å². The zero-order chi connectivity index (χ0) is 24.3. The van der Waals surface area contributed by atoms with Crippen LogP contribution in [0, 0.1) is 5.41 Å². The lowest BCUT2D eigenvalue weighted by Crippen LogP contribution is -2.47. The first kappa shape index (κ1) is 23.9. The summed E-state index contributed by atoms with van der Waals surface area (Å²) < 4.78 is 5.67. The Hall–Kier alpha value is -2.86. The number of benzene rings is 2. The van der Waals surface area contributed by atoms with Crippen molar-refractivity contribution in [2.45, 2.75) is 45.1 Å². The molecule has 1 spiro atoms. The Morgan fingerprint density at radius 2 is 1.66 bits per heavy atom. The molecule has 1 N–H and O–H groups in total. The summed E-state index contributed by atoms with van der Waals surface area (Å²) in [5.41, 5.74) is 4.09. The van der Waals surface area contributed by atoms with E-state index in [9.17, 15) is 4.79 Å². The molecule has 0 atom stereocenters. The summed E-state index contributed by atoms with van der Waals surface area (Å²) in [6.45, 7) is 6.20. The first-order valence-electron chi connectivity index (χ1n) is 12.9. The number of likely N-dealkylation sites (tertiary alicyclic amines) is 2. The van der Waals surface area contributed by atoms with Crippen LogP contribution in [0.5, 0.6) is 5.75 Å². The Morgan fingerprint density at radius 3 is 2.34 bits per heavy atom. The third-order valence-corrected chi connectivity index (χ3v) is 8.24. The van der Waals surface area contributed by atoms with Gasteiger partial charge < -0.3 is 19.9 Å². The van der Waals surface area contributed by atoms with E-state index in [1.54, 1.807) is 6.08 Å². The highest BCUT2D eigenvalue weighted by molar-refractivity contribution is 7.80. The molecule has 0 saturated carbocycles. The van der Waals surface area contributed by atoms with Crippen LogP contribution >= 0.6 is 12.2 Å². The van der Waals surface area contributed by atoms with Crippen molar-refractivity contribution >= 4 is 29.3 Å². The molecule has 2 heterocycles. The number of rotatable bonds is 5. The summed E-state index contributed by atoms with van der Waals surface area (Å²) >= 11 is 5.82. The SMILES string of the molecule is CCOc1ccccc1C=CC(=O)N1CCC2(CC1)CCN(C(=S)NC1Cc3ccccc3C1)C2. The fourth-order valence-corrected chi connectivity index (χ4v) is 6.14. The Bertz CT molecular complexity index is 1080. The molecule has 1 aliphatic carbocycles. The Labute approximate surface area is 214 Å². The third kappa shape index (κ3) is 5.37. The molecular weight excluding hydrogens is 454 g/mol. The average molecular weight is 490 g/mol. The molecule has 2 aromatic rings. The molecule has 3 aliphatic rings. The number of nitrogens with zero attached hydrogens (tertiary/aromatic N) is 2. The number of nitrogens with one attached hydrogen (secondary N) is 1. The van der Waals surface area contributed by atoms with Gasteiger partial charge >= 0.3 is 0 Å². The molecule has 0 aromatic heterocycles. The monoisotopic (exact) mass is 489 g/mol. The summed E-state index contributed by atoms with van der Waals surface area (Å²) in [7, 11) is 0. The predicted octanol–water partition coefficient (Wildman–Crippen LogP) is 4.45. The van der Waals surface area contributed by atoms with Crippen molar-refractivity contribution in [3.05, 3.63) is 71.3 Å². The number of ether oxygens (including phenoxy) is 1. The topological polar surface area (TPSA) is 44.8 Å². The standard InChI is InChI=1S/C29H35N3O2S/c1-2-34-26-10-6-5-7-22(26)11-12-27(33)31-16-13-29(14-17-31)15-18-32(21-29)28(35)30-25-19-23-8-3-4-9-24(23)20-25/h3-12,25H,2,13-21H2,1H3,(H,30,35). The van der Waals surface area contributed by atoms with Crippen LogP contribution in [0.4, 0.5) is 0 Å². The van der Waals surface area contributed by atoms with Crippen molar-refractivity contribution in [3.63, 3.8) is 0 Å². The highest BCUT2D eigenvalue weighted by Crippen LogP contribution is 2.40. The second-order valence-corrected chi connectivity index (χ2v) is 10.5. The molecule has 2 fully saturated rings. The summed E-state index contributed by atoms with van der Waals surface area (Å²) in [6.07, 6.45) is 8.89. The van der Waals surface area contributed by atoms with E-state index in [4.69, 9.17) is 17.0 Å². The predicted molar refractivity (Wildman–Crippen MR) is 144 cm³/mol. The zero-order valence-electron chi connectivity index (χ0n) is 20.5. The van der Waals surface area contributed by atoms with E-state index in [0.717, 1.165) is 74.7 Å². The van der Waals surface area contributed by atoms with Gasteiger partial charge in [0.2, 0.25) is 5.91 Å². The van der Waals surface area contributed by atoms with Crippen LogP contribution in [-0.4, -0.2) is 59.6 Å². The molecule has 0 radical (unpaired) electrons. The smallest absolute Gasteiger partial charge is 0.246 e. The van der Waals surface area contributed by atoms with Crippen LogP contribution in [0.1, 0.15) is 42.9 Å². The molecule has 0 unspecified atom stereocenters. The molecule has 0 bridgehead atoms. The lowest BCUT2D eigenvalue weighted by atomic mass is 9.78. The molecule has 2 saturated heterocycles. The van der Waals surface area contributed by atoms with Crippen LogP contribution in [0.3, 0.4) is 0 Å². The first-order valence-corrected chi connectivity index (χ1v) is 13.3. The number of amides is 1. The number of carbonyl (C=O) groups excluding carboxylic acids is 1. The summed E-state index contributed by atoms with van der Waals surface area (Å²) in [5.74, 6) is 0.896. The van der Waals surface area contributed by atoms with Gasteiger partial charge in [-0.25, -0.2) is 0 Å². The van der Waals surface area contributed by atoms with Crippen molar-refractivity contribution in [2.24, 2.45) is 5.41 Å². The van der Waals surface area contributed by atoms with Gasteiger partial charge in [-0.15, -0.1) is 0 Å². The molecule has 5 nitrogen and oxygen atoms in total. The van der Waals surface area contributed by atoms with Gasteiger partial charge in [0.1, 0.15) is 5.75 Å². The van der Waals surface area contributed by atoms with E-state index >= 15 is 0 Å². The molecule has 6 heteroatoms.